The van der Waals surface area contributed by atoms with Gasteiger partial charge < -0.3 is 10.4 Å². The summed E-state index contributed by atoms with van der Waals surface area (Å²) in [4.78, 5) is 0. The van der Waals surface area contributed by atoms with Crippen LogP contribution in [0.4, 0.5) is 8.78 Å². The lowest BCUT2D eigenvalue weighted by Gasteiger charge is -2.36. The van der Waals surface area contributed by atoms with E-state index in [2.05, 4.69) is 5.32 Å². The molecule has 2 N–H and O–H groups in total. The van der Waals surface area contributed by atoms with Gasteiger partial charge in [0.15, 0.2) is 0 Å². The van der Waals surface area contributed by atoms with Gasteiger partial charge in [-0.15, -0.1) is 0 Å². The van der Waals surface area contributed by atoms with E-state index >= 15 is 0 Å². The minimum Gasteiger partial charge on any atom is -0.396 e. The lowest BCUT2D eigenvalue weighted by molar-refractivity contribution is -0.122. The predicted molar refractivity (Wildman–Crippen MR) is 42.2 cm³/mol. The van der Waals surface area contributed by atoms with Crippen molar-refractivity contribution in [2.75, 3.05) is 19.7 Å². The van der Waals surface area contributed by atoms with Crippen LogP contribution in [0.25, 0.3) is 0 Å². The first-order valence-electron chi connectivity index (χ1n) is 4.28. The first-order chi connectivity index (χ1) is 5.59. The van der Waals surface area contributed by atoms with E-state index in [0.717, 1.165) is 0 Å². The van der Waals surface area contributed by atoms with Crippen molar-refractivity contribution in [2.24, 2.45) is 11.8 Å². The largest absolute Gasteiger partial charge is 0.396 e. The average Bonchev–Trinajstić information content (AvgIpc) is 2.00. The van der Waals surface area contributed by atoms with Gasteiger partial charge in [0.1, 0.15) is 0 Å². The summed E-state index contributed by atoms with van der Waals surface area (Å²) in [6.07, 6.45) is 0.185. The van der Waals surface area contributed by atoms with Crippen LogP contribution in [-0.4, -0.2) is 30.7 Å². The number of alkyl halides is 2. The highest BCUT2D eigenvalue weighted by Gasteiger charge is 2.46. The molecule has 0 radical (unpaired) electrons. The van der Waals surface area contributed by atoms with Crippen LogP contribution < -0.4 is 5.32 Å². The van der Waals surface area contributed by atoms with Gasteiger partial charge >= 0.3 is 0 Å². The van der Waals surface area contributed by atoms with Crippen molar-refractivity contribution in [1.29, 1.82) is 0 Å². The summed E-state index contributed by atoms with van der Waals surface area (Å²) in [5.74, 6) is -3.94. The number of rotatable bonds is 2. The Balaban J connectivity index is 2.59. The molecule has 4 heteroatoms. The quantitative estimate of drug-likeness (QED) is 0.659. The van der Waals surface area contributed by atoms with Crippen LogP contribution in [0.3, 0.4) is 0 Å². The zero-order valence-electron chi connectivity index (χ0n) is 7.19. The molecular weight excluding hydrogens is 164 g/mol. The third kappa shape index (κ3) is 1.75. The van der Waals surface area contributed by atoms with Gasteiger partial charge in [0.05, 0.1) is 0 Å². The van der Waals surface area contributed by atoms with Crippen molar-refractivity contribution in [2.45, 2.75) is 19.3 Å². The van der Waals surface area contributed by atoms with Crippen molar-refractivity contribution in [1.82, 2.24) is 5.32 Å². The minimum atomic E-state index is -2.62. The monoisotopic (exact) mass is 179 g/mol. The van der Waals surface area contributed by atoms with E-state index in [4.69, 9.17) is 5.11 Å². The molecule has 0 saturated carbocycles. The summed E-state index contributed by atoms with van der Waals surface area (Å²) in [7, 11) is 0. The Morgan fingerprint density at radius 1 is 1.50 bits per heavy atom. The predicted octanol–water partition coefficient (Wildman–Crippen LogP) is 0.860. The molecule has 0 spiro atoms. The summed E-state index contributed by atoms with van der Waals surface area (Å²) < 4.78 is 26.6. The molecule has 1 heterocycles. The highest BCUT2D eigenvalue weighted by molar-refractivity contribution is 4.88. The number of aliphatic hydroxyl groups is 1. The average molecular weight is 179 g/mol. The first kappa shape index (κ1) is 9.86. The van der Waals surface area contributed by atoms with E-state index in [0.29, 0.717) is 13.1 Å². The number of nitrogens with one attached hydrogen (secondary N) is 1. The van der Waals surface area contributed by atoms with Crippen LogP contribution in [0.2, 0.25) is 0 Å². The Labute approximate surface area is 71.0 Å². The molecule has 12 heavy (non-hydrogen) atoms. The maximum atomic E-state index is 13.3. The van der Waals surface area contributed by atoms with Crippen LogP contribution in [0.1, 0.15) is 13.3 Å². The molecule has 0 aromatic heterocycles. The highest BCUT2D eigenvalue weighted by Crippen LogP contribution is 2.36. The zero-order chi connectivity index (χ0) is 9.19. The van der Waals surface area contributed by atoms with Crippen LogP contribution >= 0.6 is 0 Å². The summed E-state index contributed by atoms with van der Waals surface area (Å²) in [6.45, 7) is 2.07. The van der Waals surface area contributed by atoms with Crippen LogP contribution in [0.15, 0.2) is 0 Å². The smallest absolute Gasteiger partial charge is 0.255 e. The third-order valence-corrected chi connectivity index (χ3v) is 2.52. The lowest BCUT2D eigenvalue weighted by Crippen LogP contribution is -2.50. The van der Waals surface area contributed by atoms with Gasteiger partial charge in [0.2, 0.25) is 0 Å². The van der Waals surface area contributed by atoms with Crippen molar-refractivity contribution in [3.63, 3.8) is 0 Å². The highest BCUT2D eigenvalue weighted by atomic mass is 19.3. The molecule has 2 nitrogen and oxygen atoms in total. The second-order valence-corrected chi connectivity index (χ2v) is 3.44. The molecule has 0 aromatic rings. The van der Waals surface area contributed by atoms with Gasteiger partial charge in [-0.2, -0.15) is 0 Å². The van der Waals surface area contributed by atoms with Gasteiger partial charge in [-0.3, -0.25) is 0 Å². The van der Waals surface area contributed by atoms with Crippen LogP contribution in [0.5, 0.6) is 0 Å². The van der Waals surface area contributed by atoms with Crippen LogP contribution in [-0.2, 0) is 0 Å². The second-order valence-electron chi connectivity index (χ2n) is 3.44. The second kappa shape index (κ2) is 3.66. The fraction of sp³-hybridized carbons (Fsp3) is 1.00. The first-order valence-corrected chi connectivity index (χ1v) is 4.28. The summed E-state index contributed by atoms with van der Waals surface area (Å²) in [5.41, 5.74) is 0. The molecule has 72 valence electrons. The van der Waals surface area contributed by atoms with Crippen molar-refractivity contribution in [3.05, 3.63) is 0 Å². The molecule has 1 aliphatic rings. The minimum absolute atomic E-state index is 0.158. The van der Waals surface area contributed by atoms with Gasteiger partial charge in [0.25, 0.3) is 5.92 Å². The Morgan fingerprint density at radius 3 is 2.75 bits per heavy atom. The molecule has 0 bridgehead atoms. The van der Waals surface area contributed by atoms with E-state index in [1.54, 1.807) is 0 Å². The number of hydrogen-bond acceptors (Lipinski definition) is 2. The van der Waals surface area contributed by atoms with E-state index in [9.17, 15) is 8.78 Å². The Bertz CT molecular complexity index is 150. The standard InChI is InChI=1S/C8H15F2NO/c1-6-4-11-5-7(2-3-12)8(6,9)10/h6-7,11-12H,2-5H2,1H3/t6-,7+/m0/s1. The van der Waals surface area contributed by atoms with E-state index in [1.165, 1.54) is 6.92 Å². The molecule has 0 unspecified atom stereocenters. The third-order valence-electron chi connectivity index (χ3n) is 2.52. The maximum absolute atomic E-state index is 13.3. The zero-order valence-corrected chi connectivity index (χ0v) is 7.19. The SMILES string of the molecule is C[C@H]1CNC[C@@H](CCO)C1(F)F. The van der Waals surface area contributed by atoms with Gasteiger partial charge in [-0.1, -0.05) is 6.92 Å². The fourth-order valence-corrected chi connectivity index (χ4v) is 1.60. The Hall–Kier alpha value is -0.220. The summed E-state index contributed by atoms with van der Waals surface area (Å²) in [6, 6.07) is 0. The Morgan fingerprint density at radius 2 is 2.17 bits per heavy atom. The number of piperidine rings is 1. The van der Waals surface area contributed by atoms with Gasteiger partial charge in [-0.05, 0) is 6.42 Å². The normalized spacial score (nSPS) is 35.0. The van der Waals surface area contributed by atoms with Crippen LogP contribution in [0, 0.1) is 11.8 Å². The van der Waals surface area contributed by atoms with E-state index in [-0.39, 0.29) is 13.0 Å². The summed E-state index contributed by atoms with van der Waals surface area (Å²) in [5, 5.41) is 11.5. The maximum Gasteiger partial charge on any atom is 0.255 e. The summed E-state index contributed by atoms with van der Waals surface area (Å²) >= 11 is 0. The molecule has 1 fully saturated rings. The Kier molecular flexibility index (Phi) is 3.01. The molecule has 1 rings (SSSR count). The molecule has 1 aliphatic heterocycles. The molecule has 2 atom stereocenters. The van der Waals surface area contributed by atoms with Gasteiger partial charge in [0, 0.05) is 31.5 Å². The fourth-order valence-electron chi connectivity index (χ4n) is 1.60. The van der Waals surface area contributed by atoms with Crippen molar-refractivity contribution < 1.29 is 13.9 Å². The van der Waals surface area contributed by atoms with Gasteiger partial charge in [-0.25, -0.2) is 8.78 Å². The molecule has 0 amide bonds. The lowest BCUT2D eigenvalue weighted by atomic mass is 9.85. The van der Waals surface area contributed by atoms with Crippen molar-refractivity contribution >= 4 is 0 Å². The molecule has 1 saturated heterocycles. The molecular formula is C8H15F2NO. The number of hydrogen-bond donors (Lipinski definition) is 2. The molecule has 0 aromatic carbocycles. The van der Waals surface area contributed by atoms with E-state index in [1.807, 2.05) is 0 Å². The van der Waals surface area contributed by atoms with Crippen molar-refractivity contribution in [3.8, 4) is 0 Å². The van der Waals surface area contributed by atoms with E-state index < -0.39 is 17.8 Å². The topological polar surface area (TPSA) is 32.3 Å². The number of halogens is 2. The number of aliphatic hydroxyl groups excluding tert-OH is 1. The molecule has 0 aliphatic carbocycles.